The summed E-state index contributed by atoms with van der Waals surface area (Å²) in [6.45, 7) is 6.86. The van der Waals surface area contributed by atoms with E-state index in [2.05, 4.69) is 6.92 Å². The Morgan fingerprint density at radius 2 is 2.07 bits per heavy atom. The van der Waals surface area contributed by atoms with Gasteiger partial charge in [-0.3, -0.25) is 4.79 Å². The Balaban J connectivity index is 2.03. The van der Waals surface area contributed by atoms with Crippen LogP contribution in [-0.2, 0) is 9.53 Å². The summed E-state index contributed by atoms with van der Waals surface area (Å²) in [6.07, 6.45) is 3.51. The largest absolute Gasteiger partial charge is 0.377 e. The van der Waals surface area contributed by atoms with E-state index in [1.807, 2.05) is 11.8 Å². The van der Waals surface area contributed by atoms with Crippen LogP contribution in [-0.4, -0.2) is 36.6 Å². The predicted octanol–water partition coefficient (Wildman–Crippen LogP) is 1.67. The van der Waals surface area contributed by atoms with Crippen molar-refractivity contribution in [3.8, 4) is 0 Å². The number of likely N-dealkylation sites (tertiary alicyclic amines) is 1. The summed E-state index contributed by atoms with van der Waals surface area (Å²) >= 11 is 0. The summed E-state index contributed by atoms with van der Waals surface area (Å²) < 4.78 is 5.60. The molecular weight excluding hydrogens is 190 g/mol. The lowest BCUT2D eigenvalue weighted by Crippen LogP contribution is -2.39. The smallest absolute Gasteiger partial charge is 0.228 e. The van der Waals surface area contributed by atoms with E-state index in [0.29, 0.717) is 11.8 Å². The van der Waals surface area contributed by atoms with Crippen LogP contribution in [0.3, 0.4) is 0 Å². The summed E-state index contributed by atoms with van der Waals surface area (Å²) in [4.78, 5) is 14.3. The molecule has 0 aliphatic carbocycles. The van der Waals surface area contributed by atoms with Crippen LogP contribution >= 0.6 is 0 Å². The van der Waals surface area contributed by atoms with Crippen molar-refractivity contribution in [1.82, 2.24) is 4.90 Å². The second-order valence-electron chi connectivity index (χ2n) is 4.76. The zero-order chi connectivity index (χ0) is 10.8. The highest BCUT2D eigenvalue weighted by Gasteiger charge is 2.40. The van der Waals surface area contributed by atoms with Crippen molar-refractivity contribution in [3.05, 3.63) is 0 Å². The molecule has 0 spiro atoms. The van der Waals surface area contributed by atoms with Gasteiger partial charge in [-0.15, -0.1) is 0 Å². The van der Waals surface area contributed by atoms with Crippen LogP contribution in [0.1, 0.15) is 33.1 Å². The van der Waals surface area contributed by atoms with Gasteiger partial charge in [0.1, 0.15) is 0 Å². The topological polar surface area (TPSA) is 29.5 Å². The summed E-state index contributed by atoms with van der Waals surface area (Å²) in [5, 5.41) is 0. The molecule has 3 atom stereocenters. The van der Waals surface area contributed by atoms with E-state index in [4.69, 9.17) is 4.74 Å². The fourth-order valence-corrected chi connectivity index (χ4v) is 2.79. The van der Waals surface area contributed by atoms with Crippen LogP contribution < -0.4 is 0 Å². The van der Waals surface area contributed by atoms with Gasteiger partial charge in [0.25, 0.3) is 0 Å². The number of carbonyl (C=O) groups is 1. The Morgan fingerprint density at radius 1 is 1.40 bits per heavy atom. The molecule has 0 aromatic rings. The summed E-state index contributed by atoms with van der Waals surface area (Å²) in [5.41, 5.74) is 0. The first-order valence-electron chi connectivity index (χ1n) is 6.14. The van der Waals surface area contributed by atoms with E-state index in [0.717, 1.165) is 26.1 Å². The van der Waals surface area contributed by atoms with E-state index in [1.54, 1.807) is 0 Å². The molecule has 0 aromatic heterocycles. The lowest BCUT2D eigenvalue weighted by atomic mass is 9.88. The second kappa shape index (κ2) is 4.52. The van der Waals surface area contributed by atoms with Crippen molar-refractivity contribution >= 4 is 5.91 Å². The second-order valence-corrected chi connectivity index (χ2v) is 4.76. The van der Waals surface area contributed by atoms with E-state index in [9.17, 15) is 4.79 Å². The highest BCUT2D eigenvalue weighted by Crippen LogP contribution is 2.31. The Kier molecular flexibility index (Phi) is 3.29. The number of nitrogens with zero attached hydrogens (tertiary/aromatic N) is 1. The molecule has 0 N–H and O–H groups in total. The third kappa shape index (κ3) is 2.03. The Labute approximate surface area is 91.8 Å². The van der Waals surface area contributed by atoms with Gasteiger partial charge in [0.15, 0.2) is 0 Å². The highest BCUT2D eigenvalue weighted by atomic mass is 16.5. The molecule has 0 saturated carbocycles. The third-order valence-electron chi connectivity index (χ3n) is 3.81. The molecule has 2 rings (SSSR count). The highest BCUT2D eigenvalue weighted by molar-refractivity contribution is 5.80. The maximum atomic E-state index is 12.3. The number of hydrogen-bond acceptors (Lipinski definition) is 2. The van der Waals surface area contributed by atoms with Gasteiger partial charge in [-0.1, -0.05) is 13.3 Å². The lowest BCUT2D eigenvalue weighted by molar-refractivity contribution is -0.137. The van der Waals surface area contributed by atoms with Crippen molar-refractivity contribution < 1.29 is 9.53 Å². The fourth-order valence-electron chi connectivity index (χ4n) is 2.79. The van der Waals surface area contributed by atoms with E-state index >= 15 is 0 Å². The normalized spacial score (nSPS) is 36.1. The number of amides is 1. The quantitative estimate of drug-likeness (QED) is 0.695. The number of ether oxygens (including phenoxy) is 1. The molecule has 2 aliphatic heterocycles. The van der Waals surface area contributed by atoms with Crippen LogP contribution in [0.25, 0.3) is 0 Å². The van der Waals surface area contributed by atoms with Gasteiger partial charge in [0.05, 0.1) is 18.6 Å². The molecule has 15 heavy (non-hydrogen) atoms. The van der Waals surface area contributed by atoms with Gasteiger partial charge in [-0.05, 0) is 25.7 Å². The standard InChI is InChI=1S/C12H21NO2/c1-3-10-8-15-9(2)11(10)12(14)13-6-4-5-7-13/h9-11H,3-8H2,1-2H3/t9-,10+,11-/m1/s1. The number of rotatable bonds is 2. The molecule has 2 aliphatic rings. The molecule has 3 nitrogen and oxygen atoms in total. The SMILES string of the molecule is CC[C@H]1CO[C@H](C)[C@H]1C(=O)N1CCCC1. The summed E-state index contributed by atoms with van der Waals surface area (Å²) in [6, 6.07) is 0. The maximum absolute atomic E-state index is 12.3. The van der Waals surface area contributed by atoms with Crippen LogP contribution in [0.2, 0.25) is 0 Å². The van der Waals surface area contributed by atoms with Crippen LogP contribution in [0.15, 0.2) is 0 Å². The fraction of sp³-hybridized carbons (Fsp3) is 0.917. The van der Waals surface area contributed by atoms with E-state index < -0.39 is 0 Å². The van der Waals surface area contributed by atoms with Crippen LogP contribution in [0, 0.1) is 11.8 Å². The Morgan fingerprint density at radius 3 is 2.67 bits per heavy atom. The molecule has 0 radical (unpaired) electrons. The lowest BCUT2D eigenvalue weighted by Gasteiger charge is -2.25. The molecule has 1 amide bonds. The molecule has 0 aromatic carbocycles. The average Bonchev–Trinajstić information content (AvgIpc) is 2.85. The van der Waals surface area contributed by atoms with Crippen molar-refractivity contribution in [3.63, 3.8) is 0 Å². The Bertz CT molecular complexity index is 236. The monoisotopic (exact) mass is 211 g/mol. The van der Waals surface area contributed by atoms with E-state index in [1.165, 1.54) is 12.8 Å². The molecule has 0 unspecified atom stereocenters. The molecule has 86 valence electrons. The Hall–Kier alpha value is -0.570. The van der Waals surface area contributed by atoms with Crippen molar-refractivity contribution in [1.29, 1.82) is 0 Å². The first-order valence-corrected chi connectivity index (χ1v) is 6.14. The molecule has 2 heterocycles. The first kappa shape index (κ1) is 10.9. The minimum absolute atomic E-state index is 0.114. The van der Waals surface area contributed by atoms with Crippen molar-refractivity contribution in [2.45, 2.75) is 39.2 Å². The molecule has 3 heteroatoms. The number of hydrogen-bond donors (Lipinski definition) is 0. The zero-order valence-corrected chi connectivity index (χ0v) is 9.74. The molecule has 2 saturated heterocycles. The van der Waals surface area contributed by atoms with Crippen LogP contribution in [0.4, 0.5) is 0 Å². The van der Waals surface area contributed by atoms with E-state index in [-0.39, 0.29) is 12.0 Å². The summed E-state index contributed by atoms with van der Waals surface area (Å²) in [7, 11) is 0. The predicted molar refractivity (Wildman–Crippen MR) is 58.5 cm³/mol. The molecular formula is C12H21NO2. The zero-order valence-electron chi connectivity index (χ0n) is 9.74. The van der Waals surface area contributed by atoms with Crippen molar-refractivity contribution in [2.75, 3.05) is 19.7 Å². The van der Waals surface area contributed by atoms with Gasteiger partial charge < -0.3 is 9.64 Å². The van der Waals surface area contributed by atoms with Crippen LogP contribution in [0.5, 0.6) is 0 Å². The van der Waals surface area contributed by atoms with Gasteiger partial charge in [-0.2, -0.15) is 0 Å². The van der Waals surface area contributed by atoms with Gasteiger partial charge in [-0.25, -0.2) is 0 Å². The molecule has 2 fully saturated rings. The van der Waals surface area contributed by atoms with Gasteiger partial charge in [0.2, 0.25) is 5.91 Å². The third-order valence-corrected chi connectivity index (χ3v) is 3.81. The van der Waals surface area contributed by atoms with Gasteiger partial charge in [0, 0.05) is 13.1 Å². The molecule has 0 bridgehead atoms. The van der Waals surface area contributed by atoms with Crippen molar-refractivity contribution in [2.24, 2.45) is 11.8 Å². The maximum Gasteiger partial charge on any atom is 0.228 e. The number of carbonyl (C=O) groups excluding carboxylic acids is 1. The summed E-state index contributed by atoms with van der Waals surface area (Å²) in [5.74, 6) is 0.894. The first-order chi connectivity index (χ1) is 7.24. The minimum Gasteiger partial charge on any atom is -0.377 e. The minimum atomic E-state index is 0.114. The average molecular weight is 211 g/mol. The van der Waals surface area contributed by atoms with Gasteiger partial charge >= 0.3 is 0 Å².